The molecule has 0 aromatic heterocycles. The highest BCUT2D eigenvalue weighted by atomic mass is 16.7. The number of allylic oxidation sites excluding steroid dienone is 3. The molecule has 9 rings (SSSR count). The number of rotatable bonds is 10. The van der Waals surface area contributed by atoms with Crippen LogP contribution in [-0.2, 0) is 42.7 Å². The van der Waals surface area contributed by atoms with Crippen LogP contribution in [0.1, 0.15) is 98.8 Å². The number of aliphatic hydroxyl groups excluding tert-OH is 12. The van der Waals surface area contributed by atoms with Crippen molar-refractivity contribution in [2.75, 3.05) is 26.4 Å². The van der Waals surface area contributed by atoms with Crippen LogP contribution in [0.5, 0.6) is 0 Å². The summed E-state index contributed by atoms with van der Waals surface area (Å²) in [5, 5.41) is 127. The SMILES string of the molecule is C=C1CC[C@]2(C(=O)O[C@@H]3O[C@H](CO[C@@H]4O[C@H](CO)[C@@H](O)[C@H](O)[C@H]4O)[C@@H](O)[C@H](O)[C@H]3O)CC[C@]3(C)C(=CC[C@@H]4[C@@]5(C)CC[C@H](O[C@@H]6OC[C@H](O)[C@H](O[C@@H]7OC[C@H](O)[C@H](O)[C@H]7O)[C@H]6O)C(C)(C)[C@@H]5CC[C@]43C)[C@@H]2C1. The van der Waals surface area contributed by atoms with Gasteiger partial charge in [-0.2, -0.15) is 0 Å². The third-order valence-corrected chi connectivity index (χ3v) is 20.0. The lowest BCUT2D eigenvalue weighted by molar-refractivity contribution is -0.346. The number of ether oxygens (including phenoxy) is 8. The average molecular weight is 1030 g/mol. The number of hydrogen-bond donors (Lipinski definition) is 12. The lowest BCUT2D eigenvalue weighted by Gasteiger charge is -2.71. The van der Waals surface area contributed by atoms with Crippen molar-refractivity contribution in [1.29, 1.82) is 0 Å². The van der Waals surface area contributed by atoms with Gasteiger partial charge in [-0.15, -0.1) is 0 Å². The highest BCUT2D eigenvalue weighted by Crippen LogP contribution is 2.75. The van der Waals surface area contributed by atoms with Crippen LogP contribution in [-0.4, -0.2) is 210 Å². The van der Waals surface area contributed by atoms with Crippen LogP contribution in [0.2, 0.25) is 0 Å². The van der Waals surface area contributed by atoms with Crippen molar-refractivity contribution in [3.05, 3.63) is 23.8 Å². The van der Waals surface area contributed by atoms with Crippen molar-refractivity contribution in [1.82, 2.24) is 0 Å². The Labute approximate surface area is 419 Å². The van der Waals surface area contributed by atoms with Crippen LogP contribution in [0.3, 0.4) is 0 Å². The van der Waals surface area contributed by atoms with Crippen LogP contribution in [0.15, 0.2) is 23.8 Å². The van der Waals surface area contributed by atoms with Crippen LogP contribution >= 0.6 is 0 Å². The molecule has 0 aromatic rings. The molecule has 12 N–H and O–H groups in total. The van der Waals surface area contributed by atoms with Crippen LogP contribution in [0, 0.1) is 44.8 Å². The lowest BCUT2D eigenvalue weighted by atomic mass is 9.34. The Morgan fingerprint density at radius 3 is 1.99 bits per heavy atom. The Morgan fingerprint density at radius 2 is 1.29 bits per heavy atom. The Kier molecular flexibility index (Phi) is 15.4. The number of esters is 1. The normalized spacial score (nSPS) is 53.5. The third-order valence-electron chi connectivity index (χ3n) is 20.0. The molecule has 0 radical (unpaired) electrons. The number of aliphatic hydroxyl groups is 12. The molecular formula is C51H80O21. The predicted molar refractivity (Wildman–Crippen MR) is 246 cm³/mol. The first kappa shape index (κ1) is 55.0. The minimum Gasteiger partial charge on any atom is -0.432 e. The molecule has 0 amide bonds. The molecule has 21 nitrogen and oxygen atoms in total. The van der Waals surface area contributed by atoms with E-state index in [0.29, 0.717) is 38.5 Å². The summed E-state index contributed by atoms with van der Waals surface area (Å²) in [6, 6.07) is 0. The first-order valence-electron chi connectivity index (χ1n) is 26.0. The largest absolute Gasteiger partial charge is 0.432 e. The highest BCUT2D eigenvalue weighted by Gasteiger charge is 2.70. The molecule has 4 heterocycles. The Balaban J connectivity index is 0.895. The van der Waals surface area contributed by atoms with Gasteiger partial charge < -0.3 is 99.2 Å². The molecule has 9 aliphatic rings. The van der Waals surface area contributed by atoms with Crippen LogP contribution in [0.4, 0.5) is 0 Å². The van der Waals surface area contributed by atoms with Gasteiger partial charge in [-0.05, 0) is 97.7 Å². The summed E-state index contributed by atoms with van der Waals surface area (Å²) in [5.74, 6) is -0.407. The van der Waals surface area contributed by atoms with E-state index in [2.05, 4.69) is 47.3 Å². The molecule has 5 aliphatic carbocycles. The van der Waals surface area contributed by atoms with Crippen molar-refractivity contribution in [2.24, 2.45) is 44.8 Å². The lowest BCUT2D eigenvalue weighted by Crippen LogP contribution is -2.66. The zero-order valence-corrected chi connectivity index (χ0v) is 41.9. The molecule has 0 spiro atoms. The Morgan fingerprint density at radius 1 is 0.667 bits per heavy atom. The summed E-state index contributed by atoms with van der Waals surface area (Å²) in [6.45, 7) is 14.2. The van der Waals surface area contributed by atoms with Gasteiger partial charge in [0.05, 0.1) is 37.9 Å². The first-order valence-corrected chi connectivity index (χ1v) is 26.0. The topological polar surface area (TPSA) is 334 Å². The van der Waals surface area contributed by atoms with E-state index in [1.807, 2.05) is 0 Å². The van der Waals surface area contributed by atoms with Crippen molar-refractivity contribution in [3.8, 4) is 0 Å². The molecule has 26 atom stereocenters. The molecule has 0 aromatic carbocycles. The van der Waals surface area contributed by atoms with Gasteiger partial charge in [0, 0.05) is 5.92 Å². The van der Waals surface area contributed by atoms with E-state index in [9.17, 15) is 66.1 Å². The monoisotopic (exact) mass is 1030 g/mol. The second kappa shape index (κ2) is 20.2. The van der Waals surface area contributed by atoms with Crippen LogP contribution in [0.25, 0.3) is 0 Å². The third kappa shape index (κ3) is 8.88. The summed E-state index contributed by atoms with van der Waals surface area (Å²) in [7, 11) is 0. The van der Waals surface area contributed by atoms with E-state index in [1.54, 1.807) is 0 Å². The van der Waals surface area contributed by atoms with E-state index in [0.717, 1.165) is 31.3 Å². The maximum Gasteiger partial charge on any atom is 0.315 e. The fourth-order valence-corrected chi connectivity index (χ4v) is 15.4. The van der Waals surface area contributed by atoms with Gasteiger partial charge >= 0.3 is 5.97 Å². The molecule has 72 heavy (non-hydrogen) atoms. The molecule has 410 valence electrons. The van der Waals surface area contributed by atoms with Gasteiger partial charge in [0.2, 0.25) is 6.29 Å². The Bertz CT molecular complexity index is 2000. The number of hydrogen-bond acceptors (Lipinski definition) is 21. The summed E-state index contributed by atoms with van der Waals surface area (Å²) >= 11 is 0. The predicted octanol–water partition coefficient (Wildman–Crippen LogP) is -1.23. The minimum atomic E-state index is -1.83. The van der Waals surface area contributed by atoms with Gasteiger partial charge in [0.25, 0.3) is 0 Å². The summed E-state index contributed by atoms with van der Waals surface area (Å²) in [4.78, 5) is 14.9. The molecular weight excluding hydrogens is 949 g/mol. The quantitative estimate of drug-likeness (QED) is 0.0693. The van der Waals surface area contributed by atoms with E-state index in [4.69, 9.17) is 37.9 Å². The average Bonchev–Trinajstić information content (AvgIpc) is 3.34. The van der Waals surface area contributed by atoms with Gasteiger partial charge in [0.1, 0.15) is 85.5 Å². The summed E-state index contributed by atoms with van der Waals surface area (Å²) in [5.41, 5.74) is 0.172. The fraction of sp³-hybridized carbons (Fsp3) is 0.902. The maximum atomic E-state index is 14.9. The van der Waals surface area contributed by atoms with E-state index in [1.165, 1.54) is 5.57 Å². The second-order valence-corrected chi connectivity index (χ2v) is 24.0. The highest BCUT2D eigenvalue weighted by molar-refractivity contribution is 5.79. The first-order chi connectivity index (χ1) is 33.8. The van der Waals surface area contributed by atoms with E-state index in [-0.39, 0.29) is 53.3 Å². The van der Waals surface area contributed by atoms with Crippen molar-refractivity contribution in [2.45, 2.75) is 216 Å². The van der Waals surface area contributed by atoms with Crippen molar-refractivity contribution >= 4 is 5.97 Å². The molecule has 0 unspecified atom stereocenters. The molecule has 4 saturated heterocycles. The summed E-state index contributed by atoms with van der Waals surface area (Å²) < 4.78 is 46.8. The molecule has 4 aliphatic heterocycles. The molecule has 4 saturated carbocycles. The smallest absolute Gasteiger partial charge is 0.315 e. The fourth-order valence-electron chi connectivity index (χ4n) is 15.4. The number of carbonyl (C=O) groups is 1. The van der Waals surface area contributed by atoms with Gasteiger partial charge in [-0.1, -0.05) is 58.4 Å². The minimum absolute atomic E-state index is 0.137. The maximum absolute atomic E-state index is 14.9. The van der Waals surface area contributed by atoms with Gasteiger partial charge in [0.15, 0.2) is 18.9 Å². The zero-order valence-electron chi connectivity index (χ0n) is 41.9. The van der Waals surface area contributed by atoms with Crippen LogP contribution < -0.4 is 0 Å². The molecule has 21 heteroatoms. The van der Waals surface area contributed by atoms with Crippen molar-refractivity contribution < 1.29 is 104 Å². The second-order valence-electron chi connectivity index (χ2n) is 24.0. The van der Waals surface area contributed by atoms with Gasteiger partial charge in [-0.3, -0.25) is 4.79 Å². The van der Waals surface area contributed by atoms with E-state index >= 15 is 0 Å². The summed E-state index contributed by atoms with van der Waals surface area (Å²) in [6.07, 6.45) is -18.6. The van der Waals surface area contributed by atoms with Gasteiger partial charge in [-0.25, -0.2) is 0 Å². The zero-order chi connectivity index (χ0) is 52.2. The van der Waals surface area contributed by atoms with E-state index < -0.39 is 141 Å². The molecule has 8 fully saturated rings. The number of carbonyl (C=O) groups excluding carboxylic acids is 1. The van der Waals surface area contributed by atoms with Crippen molar-refractivity contribution in [3.63, 3.8) is 0 Å². The Hall–Kier alpha value is -1.81. The standard InChI is InChI=1S/C51H80O21/c1-22-9-14-51(46(64)72-45-39(62)36(59)34(57)28(69-45)21-67-42-38(61)35(58)33(56)27(18-52)68-42)16-15-49(5)23(24(51)17-22)7-8-30-48(4)12-11-31(47(2,3)29(48)10-13-50(30,49)6)70-44-40(63)41(26(54)20-66-44)71-43-37(60)32(55)25(53)19-65-43/h7,24-45,52-63H,1,8-21H2,2-6H3/t24-,25-,26-,27+,28+,29-,30+,31-,32-,33+,34+,35-,36-,37+,38+,39+,40+,41-,42+,43-,44-,45-,48-,49+,50+,51-/m0/s1. The number of fused-ring (bicyclic) bond motifs is 7. The molecule has 0 bridgehead atoms.